The molecule has 0 spiro atoms. The molecule has 0 unspecified atom stereocenters. The van der Waals surface area contributed by atoms with Gasteiger partial charge in [0.1, 0.15) is 4.88 Å². The Hall–Kier alpha value is -1.62. The fraction of sp³-hybridized carbons (Fsp3) is 0.333. The highest BCUT2D eigenvalue weighted by Gasteiger charge is 2.18. The predicted octanol–water partition coefficient (Wildman–Crippen LogP) is 2.43. The molecule has 0 N–H and O–H groups in total. The minimum Gasteiger partial charge on any atom is -0.287 e. The molecule has 4 nitrogen and oxygen atoms in total. The van der Waals surface area contributed by atoms with Crippen molar-refractivity contribution in [2.24, 2.45) is 0 Å². The van der Waals surface area contributed by atoms with Crippen molar-refractivity contribution in [1.82, 2.24) is 14.6 Å². The Kier molecular flexibility index (Phi) is 3.58. The number of nitrogens with zero attached hydrogens (tertiary/aromatic N) is 3. The summed E-state index contributed by atoms with van der Waals surface area (Å²) < 4.78 is 3.87. The van der Waals surface area contributed by atoms with E-state index >= 15 is 0 Å². The molecular weight excluding hydrogens is 234 g/mol. The lowest BCUT2D eigenvalue weighted by molar-refractivity contribution is 0.104. The van der Waals surface area contributed by atoms with Gasteiger partial charge < -0.3 is 0 Å². The lowest BCUT2D eigenvalue weighted by Crippen LogP contribution is -2.05. The number of carbonyl (C=O) groups is 1. The molecule has 2 aromatic rings. The summed E-state index contributed by atoms with van der Waals surface area (Å²) in [4.78, 5) is 17.0. The largest absolute Gasteiger partial charge is 0.287 e. The van der Waals surface area contributed by atoms with Gasteiger partial charge in [-0.25, -0.2) is 0 Å². The smallest absolute Gasteiger partial charge is 0.208 e. The van der Waals surface area contributed by atoms with Crippen LogP contribution in [0.2, 0.25) is 0 Å². The second kappa shape index (κ2) is 5.14. The summed E-state index contributed by atoms with van der Waals surface area (Å²) in [6.45, 7) is 3.96. The summed E-state index contributed by atoms with van der Waals surface area (Å²) in [5, 5.41) is 4.01. The third-order valence-corrected chi connectivity index (χ3v) is 3.30. The first-order chi connectivity index (χ1) is 8.24. The molecule has 0 radical (unpaired) electrons. The zero-order chi connectivity index (χ0) is 12.3. The Morgan fingerprint density at radius 1 is 1.47 bits per heavy atom. The molecule has 2 aromatic heterocycles. The van der Waals surface area contributed by atoms with Crippen LogP contribution in [0.25, 0.3) is 0 Å². The summed E-state index contributed by atoms with van der Waals surface area (Å²) in [7, 11) is 0. The normalized spacial score (nSPS) is 10.5. The predicted molar refractivity (Wildman–Crippen MR) is 66.3 cm³/mol. The zero-order valence-electron chi connectivity index (χ0n) is 9.80. The van der Waals surface area contributed by atoms with Gasteiger partial charge in [0, 0.05) is 18.0 Å². The average Bonchev–Trinajstić information content (AvgIpc) is 2.78. The van der Waals surface area contributed by atoms with Gasteiger partial charge in [0.15, 0.2) is 0 Å². The second-order valence-electron chi connectivity index (χ2n) is 3.82. The molecule has 0 saturated carbocycles. The molecule has 0 aliphatic rings. The van der Waals surface area contributed by atoms with Crippen molar-refractivity contribution in [3.05, 3.63) is 40.2 Å². The molecule has 0 amide bonds. The molecule has 2 heterocycles. The van der Waals surface area contributed by atoms with Gasteiger partial charge in [0.2, 0.25) is 5.78 Å². The van der Waals surface area contributed by atoms with Gasteiger partial charge in [-0.1, -0.05) is 17.8 Å². The maximum absolute atomic E-state index is 12.3. The van der Waals surface area contributed by atoms with Crippen LogP contribution in [0, 0.1) is 6.92 Å². The lowest BCUT2D eigenvalue weighted by atomic mass is 10.0. The van der Waals surface area contributed by atoms with E-state index in [9.17, 15) is 4.79 Å². The van der Waals surface area contributed by atoms with E-state index < -0.39 is 0 Å². The van der Waals surface area contributed by atoms with E-state index in [0.717, 1.165) is 35.6 Å². The minimum absolute atomic E-state index is 0.0194. The maximum atomic E-state index is 12.3. The van der Waals surface area contributed by atoms with Gasteiger partial charge in [-0.15, -0.1) is 5.10 Å². The number of hydrogen-bond donors (Lipinski definition) is 0. The molecule has 0 atom stereocenters. The second-order valence-corrected chi connectivity index (χ2v) is 4.57. The molecular formula is C12H13N3OS. The van der Waals surface area contributed by atoms with Crippen LogP contribution in [0.3, 0.4) is 0 Å². The fourth-order valence-corrected chi connectivity index (χ4v) is 2.27. The third kappa shape index (κ3) is 2.39. The molecule has 0 fully saturated rings. The number of aromatic nitrogens is 3. The van der Waals surface area contributed by atoms with Crippen molar-refractivity contribution >= 4 is 17.3 Å². The molecule has 0 aromatic carbocycles. The summed E-state index contributed by atoms with van der Waals surface area (Å²) in [6, 6.07) is 1.83. The van der Waals surface area contributed by atoms with E-state index in [0.29, 0.717) is 10.4 Å². The van der Waals surface area contributed by atoms with Crippen LogP contribution in [0.5, 0.6) is 0 Å². The van der Waals surface area contributed by atoms with Crippen LogP contribution >= 0.6 is 11.5 Å². The van der Waals surface area contributed by atoms with E-state index in [1.54, 1.807) is 12.4 Å². The first-order valence-electron chi connectivity index (χ1n) is 5.50. The zero-order valence-corrected chi connectivity index (χ0v) is 10.6. The molecule has 0 bridgehead atoms. The first kappa shape index (κ1) is 11.9. The highest BCUT2D eigenvalue weighted by Crippen LogP contribution is 2.19. The van der Waals surface area contributed by atoms with E-state index in [4.69, 9.17) is 0 Å². The molecule has 0 saturated heterocycles. The van der Waals surface area contributed by atoms with Gasteiger partial charge in [0.05, 0.1) is 5.69 Å². The number of pyridine rings is 1. The van der Waals surface area contributed by atoms with Crippen molar-refractivity contribution in [1.29, 1.82) is 0 Å². The fourth-order valence-electron chi connectivity index (χ4n) is 1.61. The van der Waals surface area contributed by atoms with E-state index in [2.05, 4.69) is 21.5 Å². The average molecular weight is 247 g/mol. The van der Waals surface area contributed by atoms with Crippen molar-refractivity contribution in [3.63, 3.8) is 0 Å². The van der Waals surface area contributed by atoms with Crippen molar-refractivity contribution in [3.8, 4) is 0 Å². The van der Waals surface area contributed by atoms with Crippen molar-refractivity contribution < 1.29 is 4.79 Å². The Morgan fingerprint density at radius 2 is 2.29 bits per heavy atom. The van der Waals surface area contributed by atoms with Crippen LogP contribution in [0.1, 0.15) is 39.8 Å². The third-order valence-electron chi connectivity index (χ3n) is 2.53. The van der Waals surface area contributed by atoms with Gasteiger partial charge in [-0.2, -0.15) is 0 Å². The standard InChI is InChI=1S/C12H13N3OS/c1-3-4-10-12(17-15-14-10)11(16)9-7-13-6-5-8(9)2/h5-7H,3-4H2,1-2H3. The van der Waals surface area contributed by atoms with Gasteiger partial charge >= 0.3 is 0 Å². The van der Waals surface area contributed by atoms with Crippen LogP contribution in [-0.2, 0) is 6.42 Å². The highest BCUT2D eigenvalue weighted by atomic mass is 32.1. The first-order valence-corrected chi connectivity index (χ1v) is 6.28. The van der Waals surface area contributed by atoms with Crippen molar-refractivity contribution in [2.75, 3.05) is 0 Å². The van der Waals surface area contributed by atoms with Gasteiger partial charge in [0.25, 0.3) is 0 Å². The van der Waals surface area contributed by atoms with E-state index in [1.807, 2.05) is 13.0 Å². The Morgan fingerprint density at radius 3 is 3.00 bits per heavy atom. The van der Waals surface area contributed by atoms with Gasteiger partial charge in [-0.3, -0.25) is 9.78 Å². The lowest BCUT2D eigenvalue weighted by Gasteiger charge is -2.02. The van der Waals surface area contributed by atoms with Crippen LogP contribution in [-0.4, -0.2) is 20.4 Å². The summed E-state index contributed by atoms with van der Waals surface area (Å²) in [5.74, 6) is -0.0194. The Labute approximate surface area is 104 Å². The highest BCUT2D eigenvalue weighted by molar-refractivity contribution is 7.08. The van der Waals surface area contributed by atoms with Crippen LogP contribution < -0.4 is 0 Å². The van der Waals surface area contributed by atoms with Crippen LogP contribution in [0.15, 0.2) is 18.5 Å². The SMILES string of the molecule is CCCc1nnsc1C(=O)c1cnccc1C. The summed E-state index contributed by atoms with van der Waals surface area (Å²) >= 11 is 1.16. The minimum atomic E-state index is -0.0194. The molecule has 17 heavy (non-hydrogen) atoms. The number of hydrogen-bond acceptors (Lipinski definition) is 5. The van der Waals surface area contributed by atoms with Gasteiger partial charge in [-0.05, 0) is 36.5 Å². The van der Waals surface area contributed by atoms with Crippen molar-refractivity contribution in [2.45, 2.75) is 26.7 Å². The number of rotatable bonds is 4. The monoisotopic (exact) mass is 247 g/mol. The van der Waals surface area contributed by atoms with E-state index in [1.165, 1.54) is 0 Å². The molecule has 88 valence electrons. The topological polar surface area (TPSA) is 55.7 Å². The number of aryl methyl sites for hydroxylation is 2. The maximum Gasteiger partial charge on any atom is 0.208 e. The summed E-state index contributed by atoms with van der Waals surface area (Å²) in [6.07, 6.45) is 5.03. The Bertz CT molecular complexity index is 536. The number of ketones is 1. The quantitative estimate of drug-likeness (QED) is 0.779. The molecule has 0 aliphatic heterocycles. The molecule has 0 aliphatic carbocycles. The molecule has 2 rings (SSSR count). The Balaban J connectivity index is 2.37. The summed E-state index contributed by atoms with van der Waals surface area (Å²) in [5.41, 5.74) is 2.36. The number of carbonyl (C=O) groups excluding carboxylic acids is 1. The van der Waals surface area contributed by atoms with Crippen LogP contribution in [0.4, 0.5) is 0 Å². The molecule has 5 heteroatoms. The van der Waals surface area contributed by atoms with E-state index in [-0.39, 0.29) is 5.78 Å².